The second-order valence-electron chi connectivity index (χ2n) is 6.58. The van der Waals surface area contributed by atoms with Crippen LogP contribution in [0.15, 0.2) is 29.0 Å². The van der Waals surface area contributed by atoms with Crippen LogP contribution in [0.3, 0.4) is 0 Å². The number of carbonyl (C=O) groups excluding carboxylic acids is 1. The van der Waals surface area contributed by atoms with Crippen LogP contribution in [0.25, 0.3) is 17.1 Å². The summed E-state index contributed by atoms with van der Waals surface area (Å²) in [5, 5.41) is 5.07. The fourth-order valence-electron chi connectivity index (χ4n) is 3.42. The maximum atomic E-state index is 11.9. The Hall–Kier alpha value is -2.39. The lowest BCUT2D eigenvalue weighted by Gasteiger charge is -2.15. The monoisotopic (exact) mass is 448 g/mol. The normalized spacial score (nSPS) is 18.0. The number of rotatable bonds is 2. The zero-order valence-corrected chi connectivity index (χ0v) is 16.6. The Labute approximate surface area is 167 Å². The van der Waals surface area contributed by atoms with Gasteiger partial charge in [0.15, 0.2) is 16.8 Å². The van der Waals surface area contributed by atoms with Gasteiger partial charge in [0, 0.05) is 10.0 Å². The van der Waals surface area contributed by atoms with E-state index in [9.17, 15) is 4.79 Å². The van der Waals surface area contributed by atoms with E-state index in [0.717, 1.165) is 27.2 Å². The zero-order valence-electron chi connectivity index (χ0n) is 14.3. The summed E-state index contributed by atoms with van der Waals surface area (Å²) in [6.45, 7) is 3.07. The molecule has 0 bridgehead atoms. The summed E-state index contributed by atoms with van der Waals surface area (Å²) < 4.78 is 9.78. The van der Waals surface area contributed by atoms with Gasteiger partial charge in [0.2, 0.25) is 0 Å². The molecule has 27 heavy (non-hydrogen) atoms. The first-order chi connectivity index (χ1) is 13.0. The van der Waals surface area contributed by atoms with E-state index in [2.05, 4.69) is 26.0 Å². The van der Waals surface area contributed by atoms with Gasteiger partial charge in [-0.2, -0.15) is 5.10 Å². The van der Waals surface area contributed by atoms with Crippen LogP contribution in [0.1, 0.15) is 18.4 Å². The molecule has 2 aliphatic heterocycles. The Kier molecular flexibility index (Phi) is 3.76. The lowest BCUT2D eigenvalue weighted by Crippen LogP contribution is -2.31. The Balaban J connectivity index is 1.63. The molecule has 1 saturated heterocycles. The molecule has 8 nitrogen and oxygen atoms in total. The first-order valence-corrected chi connectivity index (χ1v) is 9.57. The number of imidazole rings is 1. The van der Waals surface area contributed by atoms with E-state index >= 15 is 0 Å². The topological polar surface area (TPSA) is 78.1 Å². The molecule has 0 unspecified atom stereocenters. The van der Waals surface area contributed by atoms with E-state index < -0.39 is 0 Å². The van der Waals surface area contributed by atoms with Crippen LogP contribution in [0.2, 0.25) is 5.15 Å². The Bertz CT molecular complexity index is 1080. The van der Waals surface area contributed by atoms with E-state index in [1.165, 1.54) is 0 Å². The number of ether oxygens (including phenoxy) is 1. The third kappa shape index (κ3) is 2.64. The summed E-state index contributed by atoms with van der Waals surface area (Å²) >= 11 is 9.83. The summed E-state index contributed by atoms with van der Waals surface area (Å²) in [5.74, 6) is 1.28. The van der Waals surface area contributed by atoms with Crippen molar-refractivity contribution in [2.75, 3.05) is 6.61 Å². The van der Waals surface area contributed by atoms with Gasteiger partial charge < -0.3 is 4.74 Å². The summed E-state index contributed by atoms with van der Waals surface area (Å²) in [5.41, 5.74) is 2.68. The largest absolute Gasteiger partial charge is 0.447 e. The molecule has 1 aromatic carbocycles. The number of fused-ring (bicyclic) bond motifs is 5. The molecule has 5 rings (SSSR count). The average molecular weight is 450 g/mol. The molecule has 0 N–H and O–H groups in total. The molecule has 2 aromatic heterocycles. The number of amides is 1. The molecule has 1 atom stereocenters. The van der Waals surface area contributed by atoms with Crippen LogP contribution < -0.4 is 0 Å². The summed E-state index contributed by atoms with van der Waals surface area (Å²) in [7, 11) is 0. The standard InChI is InChI=1S/C17H14BrClN6O2/c1-9-7-27-17(26)23(9)6-14-21-16-11-4-10(18)2-3-12(11)24-8-20-15(19)13(24)5-25(16)22-14/h2-4,8-9H,5-7H2,1H3/t9-/m1/s1. The highest BCUT2D eigenvalue weighted by atomic mass is 79.9. The predicted octanol–water partition coefficient (Wildman–Crippen LogP) is 3.25. The van der Waals surface area contributed by atoms with Gasteiger partial charge >= 0.3 is 6.09 Å². The van der Waals surface area contributed by atoms with Crippen LogP contribution in [0.5, 0.6) is 0 Å². The molecular weight excluding hydrogens is 436 g/mol. The van der Waals surface area contributed by atoms with Crippen LogP contribution in [0.4, 0.5) is 4.79 Å². The Morgan fingerprint density at radius 2 is 2.26 bits per heavy atom. The van der Waals surface area contributed by atoms with Gasteiger partial charge in [-0.3, -0.25) is 9.47 Å². The SMILES string of the molecule is C[C@@H]1COC(=O)N1Cc1nc2n(n1)Cc1c(Cl)ncn1-c1ccc(Br)cc1-2. The predicted molar refractivity (Wildman–Crippen MR) is 101 cm³/mol. The van der Waals surface area contributed by atoms with Crippen molar-refractivity contribution < 1.29 is 9.53 Å². The molecule has 1 fully saturated rings. The van der Waals surface area contributed by atoms with Crippen molar-refractivity contribution >= 4 is 33.6 Å². The number of benzene rings is 1. The molecule has 4 heterocycles. The van der Waals surface area contributed by atoms with Gasteiger partial charge in [-0.05, 0) is 25.1 Å². The minimum Gasteiger partial charge on any atom is -0.447 e. The van der Waals surface area contributed by atoms with Gasteiger partial charge in [0.05, 0.1) is 30.5 Å². The second-order valence-corrected chi connectivity index (χ2v) is 7.85. The molecule has 138 valence electrons. The van der Waals surface area contributed by atoms with Crippen molar-refractivity contribution in [3.63, 3.8) is 0 Å². The number of nitrogens with zero attached hydrogens (tertiary/aromatic N) is 6. The second kappa shape index (κ2) is 6.07. The maximum absolute atomic E-state index is 11.9. The zero-order chi connectivity index (χ0) is 18.7. The highest BCUT2D eigenvalue weighted by Crippen LogP contribution is 2.34. The average Bonchev–Trinajstić information content (AvgIpc) is 3.28. The van der Waals surface area contributed by atoms with Crippen molar-refractivity contribution in [3.05, 3.63) is 45.7 Å². The third-order valence-electron chi connectivity index (χ3n) is 4.82. The summed E-state index contributed by atoms with van der Waals surface area (Å²) in [6.07, 6.45) is 1.37. The quantitative estimate of drug-likeness (QED) is 0.469. The first-order valence-electron chi connectivity index (χ1n) is 8.40. The molecule has 0 saturated carbocycles. The molecule has 3 aromatic rings. The van der Waals surface area contributed by atoms with E-state index in [0.29, 0.717) is 30.7 Å². The smallest absolute Gasteiger partial charge is 0.410 e. The molecule has 2 aliphatic rings. The van der Waals surface area contributed by atoms with E-state index in [1.807, 2.05) is 29.7 Å². The van der Waals surface area contributed by atoms with Gasteiger partial charge in [-0.15, -0.1) is 0 Å². The van der Waals surface area contributed by atoms with Crippen molar-refractivity contribution in [1.82, 2.24) is 29.2 Å². The van der Waals surface area contributed by atoms with E-state index in [4.69, 9.17) is 21.3 Å². The summed E-state index contributed by atoms with van der Waals surface area (Å²) in [4.78, 5) is 22.5. The maximum Gasteiger partial charge on any atom is 0.410 e. The van der Waals surface area contributed by atoms with Crippen molar-refractivity contribution in [3.8, 4) is 17.1 Å². The van der Waals surface area contributed by atoms with Crippen molar-refractivity contribution in [1.29, 1.82) is 0 Å². The fraction of sp³-hybridized carbons (Fsp3) is 0.294. The number of hydrogen-bond donors (Lipinski definition) is 0. The highest BCUT2D eigenvalue weighted by molar-refractivity contribution is 9.10. The minimum atomic E-state index is -0.336. The van der Waals surface area contributed by atoms with Crippen LogP contribution in [0, 0.1) is 0 Å². The Morgan fingerprint density at radius 3 is 3.04 bits per heavy atom. The molecular formula is C17H14BrClN6O2. The number of halogens is 2. The third-order valence-corrected chi connectivity index (χ3v) is 5.62. The van der Waals surface area contributed by atoms with Crippen LogP contribution in [-0.4, -0.2) is 48.0 Å². The lowest BCUT2D eigenvalue weighted by atomic mass is 10.1. The van der Waals surface area contributed by atoms with Crippen molar-refractivity contribution in [2.24, 2.45) is 0 Å². The molecule has 0 radical (unpaired) electrons. The van der Waals surface area contributed by atoms with Gasteiger partial charge in [-0.1, -0.05) is 27.5 Å². The molecule has 1 amide bonds. The van der Waals surface area contributed by atoms with Gasteiger partial charge in [0.25, 0.3) is 0 Å². The van der Waals surface area contributed by atoms with E-state index in [-0.39, 0.29) is 12.1 Å². The van der Waals surface area contributed by atoms with Crippen LogP contribution >= 0.6 is 27.5 Å². The number of aromatic nitrogens is 5. The lowest BCUT2D eigenvalue weighted by molar-refractivity contribution is 0.155. The molecule has 0 spiro atoms. The molecule has 0 aliphatic carbocycles. The number of cyclic esters (lactones) is 1. The van der Waals surface area contributed by atoms with Crippen molar-refractivity contribution in [2.45, 2.75) is 26.1 Å². The first kappa shape index (κ1) is 16.8. The number of carbonyl (C=O) groups is 1. The Morgan fingerprint density at radius 1 is 1.41 bits per heavy atom. The van der Waals surface area contributed by atoms with Gasteiger partial charge in [0.1, 0.15) is 12.9 Å². The molecule has 10 heteroatoms. The van der Waals surface area contributed by atoms with Gasteiger partial charge in [-0.25, -0.2) is 19.4 Å². The minimum absolute atomic E-state index is 0.00175. The summed E-state index contributed by atoms with van der Waals surface area (Å²) in [6, 6.07) is 5.95. The van der Waals surface area contributed by atoms with E-state index in [1.54, 1.807) is 15.9 Å². The fourth-order valence-corrected chi connectivity index (χ4v) is 3.98. The number of hydrogen-bond acceptors (Lipinski definition) is 5. The van der Waals surface area contributed by atoms with Crippen LogP contribution in [-0.2, 0) is 17.8 Å². The highest BCUT2D eigenvalue weighted by Gasteiger charge is 2.32.